The van der Waals surface area contributed by atoms with Gasteiger partial charge in [0.2, 0.25) is 0 Å². The molecule has 1 aromatic carbocycles. The fourth-order valence-corrected chi connectivity index (χ4v) is 3.57. The van der Waals surface area contributed by atoms with Crippen LogP contribution in [0.4, 0.5) is 0 Å². The Morgan fingerprint density at radius 1 is 1.43 bits per heavy atom. The van der Waals surface area contributed by atoms with E-state index in [0.717, 1.165) is 0 Å². The molecular weight excluding hydrogens is 332 g/mol. The number of amides is 1. The zero-order valence-electron chi connectivity index (χ0n) is 13.3. The van der Waals surface area contributed by atoms with Gasteiger partial charge in [0.05, 0.1) is 27.8 Å². The molecule has 0 saturated heterocycles. The molecule has 0 aliphatic heterocycles. The third-order valence-corrected chi connectivity index (χ3v) is 5.00. The normalized spacial score (nSPS) is 12.3. The Hall–Kier alpha value is -1.80. The van der Waals surface area contributed by atoms with Crippen LogP contribution in [0.25, 0.3) is 0 Å². The van der Waals surface area contributed by atoms with Crippen molar-refractivity contribution in [3.63, 3.8) is 0 Å². The van der Waals surface area contributed by atoms with Gasteiger partial charge in [-0.2, -0.15) is 5.10 Å². The third kappa shape index (κ3) is 3.94. The Bertz CT molecular complexity index is 780. The lowest BCUT2D eigenvalue weighted by Gasteiger charge is -2.12. The summed E-state index contributed by atoms with van der Waals surface area (Å²) < 4.78 is 14.4. The monoisotopic (exact) mass is 352 g/mol. The maximum absolute atomic E-state index is 12.4. The van der Waals surface area contributed by atoms with E-state index in [9.17, 15) is 9.00 Å². The van der Waals surface area contributed by atoms with Gasteiger partial charge in [-0.1, -0.05) is 19.1 Å². The summed E-state index contributed by atoms with van der Waals surface area (Å²) in [7, 11) is -1.18. The Balaban J connectivity index is 2.18. The highest BCUT2D eigenvalue weighted by Gasteiger charge is 2.16. The van der Waals surface area contributed by atoms with Gasteiger partial charge in [-0.25, -0.2) is 0 Å². The number of H-pyrrole nitrogens is 1. The van der Waals surface area contributed by atoms with Gasteiger partial charge in [-0.15, -0.1) is 0 Å². The van der Waals surface area contributed by atoms with E-state index in [0.29, 0.717) is 26.8 Å². The van der Waals surface area contributed by atoms with Crippen molar-refractivity contribution in [2.75, 3.05) is 5.75 Å². The van der Waals surface area contributed by atoms with E-state index >= 15 is 0 Å². The second-order valence-corrected chi connectivity index (χ2v) is 7.32. The summed E-state index contributed by atoms with van der Waals surface area (Å²) in [5.41, 5.74) is 0.429. The van der Waals surface area contributed by atoms with Crippen LogP contribution < -0.4 is 5.32 Å². The number of benzene rings is 1. The predicted octanol–water partition coefficient (Wildman–Crippen LogP) is 2.58. The molecule has 0 aliphatic rings. The highest BCUT2D eigenvalue weighted by atomic mass is 32.2. The van der Waals surface area contributed by atoms with Crippen molar-refractivity contribution >= 4 is 28.9 Å². The van der Waals surface area contributed by atoms with E-state index in [1.807, 2.05) is 25.3 Å². The van der Waals surface area contributed by atoms with Crippen LogP contribution in [-0.4, -0.2) is 30.6 Å². The Labute approximate surface area is 142 Å². The van der Waals surface area contributed by atoms with Gasteiger partial charge in [0.1, 0.15) is 0 Å². The largest absolute Gasteiger partial charge is 0.345 e. The van der Waals surface area contributed by atoms with Gasteiger partial charge >= 0.3 is 0 Å². The Morgan fingerprint density at radius 2 is 2.13 bits per heavy atom. The zero-order chi connectivity index (χ0) is 17.0. The summed E-state index contributed by atoms with van der Waals surface area (Å²) in [6, 6.07) is 7.09. The number of hydrogen-bond donors (Lipinski definition) is 2. The summed E-state index contributed by atoms with van der Waals surface area (Å²) in [5.74, 6) is 0.857. The molecule has 6 nitrogen and oxygen atoms in total. The molecule has 0 bridgehead atoms. The average molecular weight is 352 g/mol. The van der Waals surface area contributed by atoms with Gasteiger partial charge in [0, 0.05) is 11.8 Å². The number of carbonyl (C=O) groups excluding carboxylic acids is 1. The molecule has 1 heterocycles. The van der Waals surface area contributed by atoms with Crippen molar-refractivity contribution in [2.45, 2.75) is 38.3 Å². The number of carbonyl (C=O) groups is 1. The first-order valence-electron chi connectivity index (χ1n) is 7.37. The molecule has 1 amide bonds. The van der Waals surface area contributed by atoms with Crippen LogP contribution >= 0.6 is 12.2 Å². The lowest BCUT2D eigenvalue weighted by atomic mass is 10.2. The van der Waals surface area contributed by atoms with Crippen LogP contribution in [0.2, 0.25) is 0 Å². The van der Waals surface area contributed by atoms with E-state index in [1.54, 1.807) is 24.3 Å². The van der Waals surface area contributed by atoms with Crippen LogP contribution in [-0.2, 0) is 17.3 Å². The molecule has 2 aromatic rings. The average Bonchev–Trinajstić information content (AvgIpc) is 2.92. The van der Waals surface area contributed by atoms with Crippen LogP contribution in [0.5, 0.6) is 0 Å². The molecule has 2 N–H and O–H groups in total. The van der Waals surface area contributed by atoms with E-state index in [1.165, 1.54) is 0 Å². The van der Waals surface area contributed by atoms with Crippen molar-refractivity contribution in [1.29, 1.82) is 0 Å². The molecule has 0 saturated carbocycles. The van der Waals surface area contributed by atoms with E-state index in [4.69, 9.17) is 12.2 Å². The molecule has 1 aromatic heterocycles. The lowest BCUT2D eigenvalue weighted by molar-refractivity contribution is 0.0946. The first-order valence-corrected chi connectivity index (χ1v) is 9.09. The fourth-order valence-electron chi connectivity index (χ4n) is 2.26. The van der Waals surface area contributed by atoms with E-state index in [-0.39, 0.29) is 18.5 Å². The molecule has 0 fully saturated rings. The maximum Gasteiger partial charge on any atom is 0.252 e. The van der Waals surface area contributed by atoms with Crippen molar-refractivity contribution in [3.05, 3.63) is 40.4 Å². The van der Waals surface area contributed by atoms with Gasteiger partial charge in [-0.05, 0) is 38.2 Å². The minimum absolute atomic E-state index is 0.146. The number of aromatic amines is 1. The summed E-state index contributed by atoms with van der Waals surface area (Å²) in [5, 5.41) is 9.70. The first kappa shape index (κ1) is 17.6. The van der Waals surface area contributed by atoms with Crippen molar-refractivity contribution in [2.24, 2.45) is 0 Å². The highest BCUT2D eigenvalue weighted by molar-refractivity contribution is 7.85. The van der Waals surface area contributed by atoms with Gasteiger partial charge in [0.15, 0.2) is 10.6 Å². The minimum Gasteiger partial charge on any atom is -0.345 e. The summed E-state index contributed by atoms with van der Waals surface area (Å²) in [6.45, 7) is 6.06. The van der Waals surface area contributed by atoms with Crippen LogP contribution in [0.1, 0.15) is 43.0 Å². The van der Waals surface area contributed by atoms with Crippen molar-refractivity contribution < 1.29 is 9.00 Å². The molecule has 1 atom stereocenters. The van der Waals surface area contributed by atoms with Gasteiger partial charge in [0.25, 0.3) is 5.91 Å². The predicted molar refractivity (Wildman–Crippen MR) is 92.4 cm³/mol. The second-order valence-electron chi connectivity index (χ2n) is 5.22. The van der Waals surface area contributed by atoms with E-state index in [2.05, 4.69) is 15.5 Å². The van der Waals surface area contributed by atoms with Crippen LogP contribution in [0.15, 0.2) is 29.2 Å². The van der Waals surface area contributed by atoms with Gasteiger partial charge in [-0.3, -0.25) is 14.1 Å². The first-order chi connectivity index (χ1) is 11.0. The Kier molecular flexibility index (Phi) is 5.84. The molecule has 0 spiro atoms. The molecule has 8 heteroatoms. The maximum atomic E-state index is 12.4. The Morgan fingerprint density at radius 3 is 2.78 bits per heavy atom. The molecule has 23 heavy (non-hydrogen) atoms. The number of aromatic nitrogens is 3. The molecule has 0 aliphatic carbocycles. The topological polar surface area (TPSA) is 79.8 Å². The molecule has 0 radical (unpaired) electrons. The lowest BCUT2D eigenvalue weighted by Crippen LogP contribution is -2.26. The quantitative estimate of drug-likeness (QED) is 0.783. The SMILES string of the molecule is CCS(=O)c1ccccc1C(=O)NCc1n[nH]c(=S)n1C(C)C. The van der Waals surface area contributed by atoms with Crippen LogP contribution in [0, 0.1) is 4.77 Å². The summed E-state index contributed by atoms with van der Waals surface area (Å²) in [4.78, 5) is 13.0. The zero-order valence-corrected chi connectivity index (χ0v) is 15.0. The second kappa shape index (κ2) is 7.65. The highest BCUT2D eigenvalue weighted by Crippen LogP contribution is 2.14. The summed E-state index contributed by atoms with van der Waals surface area (Å²) >= 11 is 5.19. The summed E-state index contributed by atoms with van der Waals surface area (Å²) in [6.07, 6.45) is 0. The minimum atomic E-state index is -1.18. The smallest absolute Gasteiger partial charge is 0.252 e. The third-order valence-electron chi connectivity index (χ3n) is 3.34. The molecular formula is C15H20N4O2S2. The molecule has 124 valence electrons. The number of rotatable bonds is 6. The van der Waals surface area contributed by atoms with Crippen molar-refractivity contribution in [1.82, 2.24) is 20.1 Å². The van der Waals surface area contributed by atoms with Crippen molar-refractivity contribution in [3.8, 4) is 0 Å². The molecule has 2 rings (SSSR count). The van der Waals surface area contributed by atoms with Gasteiger partial charge < -0.3 is 9.88 Å². The van der Waals surface area contributed by atoms with E-state index < -0.39 is 10.8 Å². The standard InChI is InChI=1S/C15H20N4O2S2/c1-4-23(21)12-8-6-5-7-11(12)14(20)16-9-13-17-18-15(22)19(13)10(2)3/h5-8,10H,4,9H2,1-3H3,(H,16,20)(H,18,22). The number of hydrogen-bond acceptors (Lipinski definition) is 4. The fraction of sp³-hybridized carbons (Fsp3) is 0.400. The number of nitrogens with zero attached hydrogens (tertiary/aromatic N) is 2. The number of nitrogens with one attached hydrogen (secondary N) is 2. The molecule has 1 unspecified atom stereocenters. The van der Waals surface area contributed by atoms with Crippen LogP contribution in [0.3, 0.4) is 0 Å².